The summed E-state index contributed by atoms with van der Waals surface area (Å²) in [5, 5.41) is 6.08. The zero-order chi connectivity index (χ0) is 13.1. The van der Waals surface area contributed by atoms with Crippen molar-refractivity contribution in [2.45, 2.75) is 25.3 Å². The summed E-state index contributed by atoms with van der Waals surface area (Å²) in [6.07, 6.45) is 4.25. The van der Waals surface area contributed by atoms with E-state index in [1.54, 1.807) is 17.5 Å². The van der Waals surface area contributed by atoms with E-state index in [0.717, 1.165) is 5.01 Å². The number of hydrogen-bond donors (Lipinski definition) is 2. The molecule has 1 aliphatic carbocycles. The highest BCUT2D eigenvalue weighted by Gasteiger charge is 2.25. The minimum Gasteiger partial charge on any atom is -0.370 e. The monoisotopic (exact) mass is 401 g/mol. The van der Waals surface area contributed by atoms with Crippen molar-refractivity contribution in [3.05, 3.63) is 40.5 Å². The molecule has 0 saturated heterocycles. The zero-order valence-electron chi connectivity index (χ0n) is 10.8. The van der Waals surface area contributed by atoms with Crippen LogP contribution in [0.3, 0.4) is 0 Å². The minimum atomic E-state index is 0. The summed E-state index contributed by atoms with van der Waals surface area (Å²) in [7, 11) is 0. The average molecular weight is 401 g/mol. The normalized spacial score (nSPS) is 14.7. The van der Waals surface area contributed by atoms with Crippen molar-refractivity contribution in [1.29, 1.82) is 0 Å². The number of pyridine rings is 1. The van der Waals surface area contributed by atoms with Crippen molar-refractivity contribution >= 4 is 47.1 Å². The number of aliphatic imine (C=N–C) groups is 1. The molecule has 20 heavy (non-hydrogen) atoms. The molecule has 1 fully saturated rings. The fourth-order valence-corrected chi connectivity index (χ4v) is 2.52. The first-order valence-corrected chi connectivity index (χ1v) is 7.11. The number of thiazole rings is 1. The van der Waals surface area contributed by atoms with Crippen LogP contribution in [0.4, 0.5) is 5.82 Å². The van der Waals surface area contributed by atoms with Gasteiger partial charge < -0.3 is 11.1 Å². The molecule has 2 aromatic heterocycles. The predicted molar refractivity (Wildman–Crippen MR) is 92.7 cm³/mol. The van der Waals surface area contributed by atoms with Gasteiger partial charge in [0.15, 0.2) is 5.96 Å². The van der Waals surface area contributed by atoms with Crippen molar-refractivity contribution in [2.24, 2.45) is 10.7 Å². The fraction of sp³-hybridized carbons (Fsp3) is 0.308. The summed E-state index contributed by atoms with van der Waals surface area (Å²) >= 11 is 1.65. The molecule has 0 spiro atoms. The Morgan fingerprint density at radius 1 is 1.45 bits per heavy atom. The van der Waals surface area contributed by atoms with Gasteiger partial charge in [0.05, 0.1) is 12.2 Å². The van der Waals surface area contributed by atoms with Crippen molar-refractivity contribution in [3.63, 3.8) is 0 Å². The topological polar surface area (TPSA) is 76.2 Å². The van der Waals surface area contributed by atoms with Crippen molar-refractivity contribution in [1.82, 2.24) is 9.97 Å². The number of anilines is 1. The van der Waals surface area contributed by atoms with Crippen LogP contribution < -0.4 is 11.1 Å². The molecular formula is C13H16IN5S. The molecular weight excluding hydrogens is 385 g/mol. The highest BCUT2D eigenvalue weighted by Crippen LogP contribution is 2.40. The van der Waals surface area contributed by atoms with Crippen LogP contribution in [0.15, 0.2) is 34.8 Å². The number of nitrogens with one attached hydrogen (secondary N) is 1. The first-order chi connectivity index (χ1) is 9.31. The summed E-state index contributed by atoms with van der Waals surface area (Å²) in [6.45, 7) is 0.517. The molecule has 0 bridgehead atoms. The molecule has 106 valence electrons. The predicted octanol–water partition coefficient (Wildman–Crippen LogP) is 2.96. The van der Waals surface area contributed by atoms with Gasteiger partial charge in [0.2, 0.25) is 0 Å². The summed E-state index contributed by atoms with van der Waals surface area (Å²) in [5.41, 5.74) is 7.02. The molecule has 5 nitrogen and oxygen atoms in total. The molecule has 1 saturated carbocycles. The maximum Gasteiger partial charge on any atom is 0.194 e. The van der Waals surface area contributed by atoms with Gasteiger partial charge >= 0.3 is 0 Å². The van der Waals surface area contributed by atoms with E-state index in [9.17, 15) is 0 Å². The van der Waals surface area contributed by atoms with Crippen LogP contribution in [0, 0.1) is 0 Å². The first kappa shape index (κ1) is 15.2. The smallest absolute Gasteiger partial charge is 0.194 e. The molecule has 0 unspecified atom stereocenters. The molecule has 0 radical (unpaired) electrons. The van der Waals surface area contributed by atoms with E-state index in [1.807, 2.05) is 18.2 Å². The van der Waals surface area contributed by atoms with Crippen LogP contribution in [0.25, 0.3) is 0 Å². The number of aromatic nitrogens is 2. The van der Waals surface area contributed by atoms with Crippen molar-refractivity contribution < 1.29 is 0 Å². The quantitative estimate of drug-likeness (QED) is 0.469. The SMILES string of the molecule is I.NC(=NCc1nc(C2CC2)cs1)Nc1ccccn1. The Labute approximate surface area is 138 Å². The number of nitrogens with zero attached hydrogens (tertiary/aromatic N) is 3. The third kappa shape index (κ3) is 4.14. The van der Waals surface area contributed by atoms with Gasteiger partial charge in [-0.25, -0.2) is 15.0 Å². The van der Waals surface area contributed by atoms with Gasteiger partial charge in [-0.1, -0.05) is 6.07 Å². The second-order valence-electron chi connectivity index (χ2n) is 4.48. The van der Waals surface area contributed by atoms with Gasteiger partial charge in [0, 0.05) is 17.5 Å². The van der Waals surface area contributed by atoms with E-state index in [2.05, 4.69) is 25.7 Å². The summed E-state index contributed by atoms with van der Waals surface area (Å²) in [5.74, 6) is 1.75. The third-order valence-electron chi connectivity index (χ3n) is 2.87. The highest BCUT2D eigenvalue weighted by molar-refractivity contribution is 14.0. The van der Waals surface area contributed by atoms with Crippen molar-refractivity contribution in [3.8, 4) is 0 Å². The Kier molecular flexibility index (Phi) is 5.30. The van der Waals surface area contributed by atoms with E-state index in [4.69, 9.17) is 5.73 Å². The fourth-order valence-electron chi connectivity index (χ4n) is 1.72. The molecule has 1 aliphatic rings. The van der Waals surface area contributed by atoms with E-state index < -0.39 is 0 Å². The molecule has 2 aromatic rings. The largest absolute Gasteiger partial charge is 0.370 e. The number of rotatable bonds is 4. The molecule has 0 amide bonds. The number of halogens is 1. The minimum absolute atomic E-state index is 0. The lowest BCUT2D eigenvalue weighted by atomic mass is 10.3. The number of guanidine groups is 1. The van der Waals surface area contributed by atoms with Gasteiger partial charge in [0.1, 0.15) is 10.8 Å². The molecule has 0 atom stereocenters. The van der Waals surface area contributed by atoms with Crippen LogP contribution >= 0.6 is 35.3 Å². The average Bonchev–Trinajstić information content (AvgIpc) is 3.17. The lowest BCUT2D eigenvalue weighted by molar-refractivity contribution is 0.970. The Morgan fingerprint density at radius 2 is 2.30 bits per heavy atom. The maximum absolute atomic E-state index is 5.81. The maximum atomic E-state index is 5.81. The van der Waals surface area contributed by atoms with E-state index in [1.165, 1.54) is 18.5 Å². The Bertz CT molecular complexity index is 579. The Morgan fingerprint density at radius 3 is 3.00 bits per heavy atom. The van der Waals surface area contributed by atoms with Gasteiger partial charge in [0.25, 0.3) is 0 Å². The van der Waals surface area contributed by atoms with E-state index in [0.29, 0.717) is 24.2 Å². The van der Waals surface area contributed by atoms with Gasteiger partial charge in [-0.05, 0) is 25.0 Å². The molecule has 3 N–H and O–H groups in total. The molecule has 7 heteroatoms. The van der Waals surface area contributed by atoms with E-state index in [-0.39, 0.29) is 24.0 Å². The van der Waals surface area contributed by atoms with Crippen LogP contribution in [0.2, 0.25) is 0 Å². The van der Waals surface area contributed by atoms with Crippen LogP contribution in [-0.4, -0.2) is 15.9 Å². The highest BCUT2D eigenvalue weighted by atomic mass is 127. The number of hydrogen-bond acceptors (Lipinski definition) is 4. The summed E-state index contributed by atoms with van der Waals surface area (Å²) in [4.78, 5) is 13.0. The standard InChI is InChI=1S/C13H15N5S.HI/c14-13(18-11-3-1-2-6-15-11)16-7-12-17-10(8-19-12)9-4-5-9;/h1-3,6,8-9H,4-5,7H2,(H3,14,15,16,18);1H. The lowest BCUT2D eigenvalue weighted by Gasteiger charge is -2.03. The zero-order valence-corrected chi connectivity index (χ0v) is 14.0. The summed E-state index contributed by atoms with van der Waals surface area (Å²) in [6, 6.07) is 5.59. The van der Waals surface area contributed by atoms with Crippen LogP contribution in [0.5, 0.6) is 0 Å². The van der Waals surface area contributed by atoms with E-state index >= 15 is 0 Å². The van der Waals surface area contributed by atoms with Crippen molar-refractivity contribution in [2.75, 3.05) is 5.32 Å². The van der Waals surface area contributed by atoms with Gasteiger partial charge in [-0.15, -0.1) is 35.3 Å². The third-order valence-corrected chi connectivity index (χ3v) is 3.72. The van der Waals surface area contributed by atoms with Crippen LogP contribution in [-0.2, 0) is 6.54 Å². The molecule has 0 aliphatic heterocycles. The first-order valence-electron chi connectivity index (χ1n) is 6.23. The van der Waals surface area contributed by atoms with Gasteiger partial charge in [-0.3, -0.25) is 0 Å². The Hall–Kier alpha value is -1.22. The summed E-state index contributed by atoms with van der Waals surface area (Å²) < 4.78 is 0. The second kappa shape index (κ2) is 6.98. The molecule has 2 heterocycles. The number of nitrogens with two attached hydrogens (primary N) is 1. The lowest BCUT2D eigenvalue weighted by Crippen LogP contribution is -2.23. The molecule has 3 rings (SSSR count). The molecule has 0 aromatic carbocycles. The second-order valence-corrected chi connectivity index (χ2v) is 5.42. The Balaban J connectivity index is 0.00000147. The van der Waals surface area contributed by atoms with Gasteiger partial charge in [-0.2, -0.15) is 0 Å². The van der Waals surface area contributed by atoms with Crippen LogP contribution in [0.1, 0.15) is 29.5 Å².